The van der Waals surface area contributed by atoms with Crippen LogP contribution in [0.25, 0.3) is 0 Å². The number of piperidine rings is 1. The summed E-state index contributed by atoms with van der Waals surface area (Å²) in [6.45, 7) is 0.187. The Hall–Kier alpha value is -1.22. The van der Waals surface area contributed by atoms with Gasteiger partial charge in [-0.2, -0.15) is 4.31 Å². The van der Waals surface area contributed by atoms with Crippen molar-refractivity contribution in [3.63, 3.8) is 0 Å². The van der Waals surface area contributed by atoms with E-state index in [1.807, 2.05) is 0 Å². The number of nitrogens with zero attached hydrogens (tertiary/aromatic N) is 1. The molecule has 2 rings (SSSR count). The van der Waals surface area contributed by atoms with E-state index >= 15 is 0 Å². The number of carboxylic acid groups (broad SMARTS) is 1. The van der Waals surface area contributed by atoms with Gasteiger partial charge < -0.3 is 10.2 Å². The van der Waals surface area contributed by atoms with Crippen LogP contribution in [0.3, 0.4) is 0 Å². The lowest BCUT2D eigenvalue weighted by molar-refractivity contribution is 0.0696. The van der Waals surface area contributed by atoms with Gasteiger partial charge in [0, 0.05) is 13.1 Å². The van der Waals surface area contributed by atoms with Crippen molar-refractivity contribution in [1.82, 2.24) is 4.31 Å². The third-order valence-corrected chi connectivity index (χ3v) is 5.55. The van der Waals surface area contributed by atoms with E-state index in [-0.39, 0.29) is 25.9 Å². The first kappa shape index (κ1) is 16.2. The number of rotatable bonds is 3. The minimum absolute atomic E-state index is 0.0934. The van der Waals surface area contributed by atoms with E-state index < -0.39 is 43.4 Å². The summed E-state index contributed by atoms with van der Waals surface area (Å²) in [4.78, 5) is 10.5. The second-order valence-corrected chi connectivity index (χ2v) is 7.02. The molecule has 0 spiro atoms. The molecule has 116 valence electrons. The first-order chi connectivity index (χ1) is 9.73. The highest BCUT2D eigenvalue weighted by Crippen LogP contribution is 2.27. The minimum Gasteiger partial charge on any atom is -0.478 e. The van der Waals surface area contributed by atoms with Gasteiger partial charge in [0.05, 0.1) is 21.6 Å². The van der Waals surface area contributed by atoms with Gasteiger partial charge in [-0.25, -0.2) is 17.6 Å². The van der Waals surface area contributed by atoms with Crippen molar-refractivity contribution in [1.29, 1.82) is 0 Å². The Labute approximate surface area is 125 Å². The Morgan fingerprint density at radius 3 is 2.43 bits per heavy atom. The maximum Gasteiger partial charge on any atom is 0.337 e. The molecule has 1 fully saturated rings. The summed E-state index contributed by atoms with van der Waals surface area (Å²) in [6, 6.07) is 1.54. The molecule has 0 bridgehead atoms. The van der Waals surface area contributed by atoms with Gasteiger partial charge in [0.2, 0.25) is 10.0 Å². The second kappa shape index (κ2) is 5.88. The lowest BCUT2D eigenvalue weighted by Gasteiger charge is -2.28. The normalized spacial score (nSPS) is 17.9. The maximum absolute atomic E-state index is 13.6. The first-order valence-corrected chi connectivity index (χ1v) is 7.96. The Morgan fingerprint density at radius 2 is 1.90 bits per heavy atom. The molecular formula is C12H13ClFNO5S. The van der Waals surface area contributed by atoms with Crippen molar-refractivity contribution < 1.29 is 27.8 Å². The fourth-order valence-electron chi connectivity index (χ4n) is 2.10. The van der Waals surface area contributed by atoms with E-state index in [4.69, 9.17) is 16.7 Å². The maximum atomic E-state index is 13.6. The standard InChI is InChI=1S/C12H13ClFNO5S/c13-11-9(12(17)18)5-8(6-10(11)14)21(19,20)15-3-1-7(16)2-4-15/h5-7,16H,1-4H2,(H,17,18). The number of aliphatic hydroxyl groups is 1. The average molecular weight is 338 g/mol. The van der Waals surface area contributed by atoms with Crippen molar-refractivity contribution in [2.45, 2.75) is 23.8 Å². The van der Waals surface area contributed by atoms with E-state index in [2.05, 4.69) is 0 Å². The summed E-state index contributed by atoms with van der Waals surface area (Å²) in [5.74, 6) is -2.61. The van der Waals surface area contributed by atoms with Gasteiger partial charge >= 0.3 is 5.97 Å². The molecule has 1 aromatic rings. The zero-order valence-corrected chi connectivity index (χ0v) is 12.4. The van der Waals surface area contributed by atoms with E-state index in [1.54, 1.807) is 0 Å². The number of aromatic carboxylic acids is 1. The summed E-state index contributed by atoms with van der Waals surface area (Å²) in [5.41, 5.74) is -0.604. The van der Waals surface area contributed by atoms with Crippen LogP contribution in [0.15, 0.2) is 17.0 Å². The molecule has 0 unspecified atom stereocenters. The Balaban J connectivity index is 2.43. The molecule has 1 saturated heterocycles. The molecule has 21 heavy (non-hydrogen) atoms. The molecule has 1 aliphatic rings. The van der Waals surface area contributed by atoms with E-state index in [9.17, 15) is 22.7 Å². The largest absolute Gasteiger partial charge is 0.478 e. The predicted octanol–water partition coefficient (Wildman–Crippen LogP) is 1.32. The van der Waals surface area contributed by atoms with Gasteiger partial charge in [-0.1, -0.05) is 11.6 Å². The van der Waals surface area contributed by atoms with Gasteiger partial charge in [-0.3, -0.25) is 0 Å². The Morgan fingerprint density at radius 1 is 1.33 bits per heavy atom. The van der Waals surface area contributed by atoms with Gasteiger partial charge in [0.15, 0.2) is 0 Å². The van der Waals surface area contributed by atoms with Gasteiger partial charge in [0.1, 0.15) is 5.82 Å². The third kappa shape index (κ3) is 3.18. The molecule has 6 nitrogen and oxygen atoms in total. The third-order valence-electron chi connectivity index (χ3n) is 3.29. The molecule has 1 aromatic carbocycles. The van der Waals surface area contributed by atoms with Crippen LogP contribution in [-0.2, 0) is 10.0 Å². The molecule has 0 atom stereocenters. The van der Waals surface area contributed by atoms with E-state index in [1.165, 1.54) is 0 Å². The fourth-order valence-corrected chi connectivity index (χ4v) is 3.80. The number of aliphatic hydroxyl groups excluding tert-OH is 1. The predicted molar refractivity (Wildman–Crippen MR) is 72.4 cm³/mol. The molecule has 9 heteroatoms. The molecule has 0 amide bonds. The summed E-state index contributed by atoms with van der Waals surface area (Å²) in [7, 11) is -4.02. The zero-order valence-electron chi connectivity index (χ0n) is 10.8. The van der Waals surface area contributed by atoms with Crippen LogP contribution < -0.4 is 0 Å². The minimum atomic E-state index is -4.02. The monoisotopic (exact) mass is 337 g/mol. The number of hydrogen-bond acceptors (Lipinski definition) is 4. The molecule has 0 aliphatic carbocycles. The first-order valence-electron chi connectivity index (χ1n) is 6.14. The summed E-state index contributed by atoms with van der Waals surface area (Å²) in [6.07, 6.45) is -0.00433. The zero-order chi connectivity index (χ0) is 15.8. The number of sulfonamides is 1. The molecular weight excluding hydrogens is 325 g/mol. The number of carbonyl (C=O) groups is 1. The lowest BCUT2D eigenvalue weighted by atomic mass is 10.1. The highest BCUT2D eigenvalue weighted by molar-refractivity contribution is 7.89. The fraction of sp³-hybridized carbons (Fsp3) is 0.417. The van der Waals surface area contributed by atoms with E-state index in [0.717, 1.165) is 10.4 Å². The lowest BCUT2D eigenvalue weighted by Crippen LogP contribution is -2.40. The van der Waals surface area contributed by atoms with Gasteiger partial charge in [-0.15, -0.1) is 0 Å². The molecule has 1 heterocycles. The van der Waals surface area contributed by atoms with Crippen LogP contribution in [0.4, 0.5) is 4.39 Å². The number of benzene rings is 1. The second-order valence-electron chi connectivity index (χ2n) is 4.71. The molecule has 0 saturated carbocycles. The van der Waals surface area contributed by atoms with Crippen molar-refractivity contribution >= 4 is 27.6 Å². The highest BCUT2D eigenvalue weighted by atomic mass is 35.5. The van der Waals surface area contributed by atoms with Crippen molar-refractivity contribution in [2.24, 2.45) is 0 Å². The Bertz CT molecular complexity index is 670. The summed E-state index contributed by atoms with van der Waals surface area (Å²) < 4.78 is 39.5. The Kier molecular flexibility index (Phi) is 4.52. The summed E-state index contributed by atoms with van der Waals surface area (Å²) >= 11 is 5.52. The van der Waals surface area contributed by atoms with Crippen LogP contribution in [-0.4, -0.2) is 48.1 Å². The number of carboxylic acids is 1. The number of hydrogen-bond donors (Lipinski definition) is 2. The van der Waals surface area contributed by atoms with Crippen LogP contribution >= 0.6 is 11.6 Å². The van der Waals surface area contributed by atoms with Gasteiger partial charge in [0.25, 0.3) is 0 Å². The van der Waals surface area contributed by atoms with Crippen LogP contribution in [0, 0.1) is 5.82 Å². The molecule has 1 aliphatic heterocycles. The number of halogens is 2. The molecule has 2 N–H and O–H groups in total. The highest BCUT2D eigenvalue weighted by Gasteiger charge is 2.30. The topological polar surface area (TPSA) is 94.9 Å². The molecule has 0 aromatic heterocycles. The van der Waals surface area contributed by atoms with Gasteiger partial charge in [-0.05, 0) is 25.0 Å². The quantitative estimate of drug-likeness (QED) is 0.867. The van der Waals surface area contributed by atoms with E-state index in [0.29, 0.717) is 6.07 Å². The van der Waals surface area contributed by atoms with Crippen molar-refractivity contribution in [3.8, 4) is 0 Å². The van der Waals surface area contributed by atoms with Crippen LogP contribution in [0.2, 0.25) is 5.02 Å². The van der Waals surface area contributed by atoms with Crippen molar-refractivity contribution in [3.05, 3.63) is 28.5 Å². The summed E-state index contributed by atoms with van der Waals surface area (Å²) in [5, 5.41) is 17.7. The van der Waals surface area contributed by atoms with Crippen LogP contribution in [0.1, 0.15) is 23.2 Å². The van der Waals surface area contributed by atoms with Crippen molar-refractivity contribution in [2.75, 3.05) is 13.1 Å². The average Bonchev–Trinajstić information content (AvgIpc) is 2.41. The van der Waals surface area contributed by atoms with Crippen LogP contribution in [0.5, 0.6) is 0 Å². The smallest absolute Gasteiger partial charge is 0.337 e. The molecule has 0 radical (unpaired) electrons. The SMILES string of the molecule is O=C(O)c1cc(S(=O)(=O)N2CCC(O)CC2)cc(F)c1Cl.